The summed E-state index contributed by atoms with van der Waals surface area (Å²) in [6.07, 6.45) is 6.50. The number of piperidine rings is 1. The van der Waals surface area contributed by atoms with Gasteiger partial charge < -0.3 is 9.80 Å². The molecule has 0 radical (unpaired) electrons. The number of hydrogen-bond donors (Lipinski definition) is 0. The SMILES string of the molecule is Cc1nc(N2CCCC(C(=O)N3CCc4sccc4C3)C2)c2ccncc2n1. The first-order chi connectivity index (χ1) is 13.7. The monoisotopic (exact) mass is 393 g/mol. The number of carbonyl (C=O) groups is 1. The van der Waals surface area contributed by atoms with Gasteiger partial charge in [0.05, 0.1) is 17.6 Å². The summed E-state index contributed by atoms with van der Waals surface area (Å²) in [6, 6.07) is 4.13. The van der Waals surface area contributed by atoms with Crippen molar-refractivity contribution in [3.05, 3.63) is 46.2 Å². The second kappa shape index (κ2) is 7.13. The lowest BCUT2D eigenvalue weighted by molar-refractivity contribution is -0.136. The minimum Gasteiger partial charge on any atom is -0.355 e. The molecular formula is C21H23N5OS. The number of pyridine rings is 1. The van der Waals surface area contributed by atoms with E-state index in [1.54, 1.807) is 12.4 Å². The Hall–Kier alpha value is -2.54. The normalized spacial score (nSPS) is 19.7. The van der Waals surface area contributed by atoms with E-state index < -0.39 is 0 Å². The average molecular weight is 394 g/mol. The second-order valence-electron chi connectivity index (χ2n) is 7.65. The molecule has 7 heteroatoms. The van der Waals surface area contributed by atoms with E-state index in [0.29, 0.717) is 5.91 Å². The van der Waals surface area contributed by atoms with Gasteiger partial charge in [-0.1, -0.05) is 0 Å². The fourth-order valence-electron chi connectivity index (χ4n) is 4.38. The molecule has 0 saturated carbocycles. The Bertz CT molecular complexity index is 1030. The lowest BCUT2D eigenvalue weighted by Crippen LogP contribution is -2.46. The predicted octanol–water partition coefficient (Wildman–Crippen LogP) is 3.20. The number of aromatic nitrogens is 3. The summed E-state index contributed by atoms with van der Waals surface area (Å²) in [7, 11) is 0. The van der Waals surface area contributed by atoms with Crippen LogP contribution in [0.15, 0.2) is 29.9 Å². The topological polar surface area (TPSA) is 62.2 Å². The third-order valence-corrected chi connectivity index (χ3v) is 6.80. The van der Waals surface area contributed by atoms with Crippen molar-refractivity contribution in [3.63, 3.8) is 0 Å². The van der Waals surface area contributed by atoms with Gasteiger partial charge in [0.1, 0.15) is 11.6 Å². The molecule has 1 amide bonds. The van der Waals surface area contributed by atoms with E-state index in [-0.39, 0.29) is 5.92 Å². The van der Waals surface area contributed by atoms with Crippen molar-refractivity contribution in [1.82, 2.24) is 19.9 Å². The summed E-state index contributed by atoms with van der Waals surface area (Å²) in [5.41, 5.74) is 2.18. The standard InChI is InChI=1S/C21H23N5OS/c1-14-23-18-11-22-7-4-17(18)20(24-14)25-8-2-3-16(13-25)21(27)26-9-5-19-15(12-26)6-10-28-19/h4,6-7,10-11,16H,2-3,5,8-9,12-13H2,1H3. The third-order valence-electron chi connectivity index (χ3n) is 5.78. The van der Waals surface area contributed by atoms with Gasteiger partial charge in [0.25, 0.3) is 0 Å². The number of hydrogen-bond acceptors (Lipinski definition) is 6. The molecule has 2 aliphatic rings. The summed E-state index contributed by atoms with van der Waals surface area (Å²) in [4.78, 5) is 32.4. The second-order valence-corrected chi connectivity index (χ2v) is 8.65. The Labute approximate surface area is 168 Å². The number of anilines is 1. The molecule has 5 heterocycles. The number of nitrogens with zero attached hydrogens (tertiary/aromatic N) is 5. The van der Waals surface area contributed by atoms with Crippen LogP contribution in [0.4, 0.5) is 5.82 Å². The van der Waals surface area contributed by atoms with Crippen LogP contribution in [-0.4, -0.2) is 45.4 Å². The van der Waals surface area contributed by atoms with Crippen LogP contribution in [0.3, 0.4) is 0 Å². The molecule has 28 heavy (non-hydrogen) atoms. The van der Waals surface area contributed by atoms with Crippen molar-refractivity contribution in [2.45, 2.75) is 32.7 Å². The van der Waals surface area contributed by atoms with Gasteiger partial charge in [-0.25, -0.2) is 9.97 Å². The molecular weight excluding hydrogens is 370 g/mol. The molecule has 0 bridgehead atoms. The summed E-state index contributed by atoms with van der Waals surface area (Å²) in [5.74, 6) is 1.99. The fraction of sp³-hybridized carbons (Fsp3) is 0.429. The summed E-state index contributed by atoms with van der Waals surface area (Å²) < 4.78 is 0. The van der Waals surface area contributed by atoms with Crippen LogP contribution >= 0.6 is 11.3 Å². The quantitative estimate of drug-likeness (QED) is 0.669. The molecule has 1 atom stereocenters. The molecule has 0 aliphatic carbocycles. The highest BCUT2D eigenvalue weighted by Gasteiger charge is 2.32. The maximum absolute atomic E-state index is 13.3. The molecule has 0 N–H and O–H groups in total. The number of fused-ring (bicyclic) bond motifs is 2. The summed E-state index contributed by atoms with van der Waals surface area (Å²) in [5, 5.41) is 3.15. The van der Waals surface area contributed by atoms with Crippen LogP contribution in [0.5, 0.6) is 0 Å². The Morgan fingerprint density at radius 3 is 3.11 bits per heavy atom. The van der Waals surface area contributed by atoms with Gasteiger partial charge in [-0.3, -0.25) is 9.78 Å². The first-order valence-corrected chi connectivity index (χ1v) is 10.7. The zero-order valence-corrected chi connectivity index (χ0v) is 16.8. The first-order valence-electron chi connectivity index (χ1n) is 9.86. The minimum atomic E-state index is 0.0288. The van der Waals surface area contributed by atoms with E-state index >= 15 is 0 Å². The smallest absolute Gasteiger partial charge is 0.227 e. The molecule has 0 aromatic carbocycles. The van der Waals surface area contributed by atoms with Crippen LogP contribution in [0.2, 0.25) is 0 Å². The maximum atomic E-state index is 13.3. The summed E-state index contributed by atoms with van der Waals surface area (Å²) in [6.45, 7) is 5.15. The van der Waals surface area contributed by atoms with Gasteiger partial charge in [-0.2, -0.15) is 0 Å². The molecule has 6 nitrogen and oxygen atoms in total. The molecule has 5 rings (SSSR count). The van der Waals surface area contributed by atoms with Crippen molar-refractivity contribution in [3.8, 4) is 0 Å². The van der Waals surface area contributed by atoms with Gasteiger partial charge in [0, 0.05) is 42.6 Å². The van der Waals surface area contributed by atoms with Gasteiger partial charge in [0.2, 0.25) is 5.91 Å². The highest BCUT2D eigenvalue weighted by Crippen LogP contribution is 2.30. The van der Waals surface area contributed by atoms with Crippen LogP contribution in [0.1, 0.15) is 29.1 Å². The fourth-order valence-corrected chi connectivity index (χ4v) is 5.27. The molecule has 1 fully saturated rings. The van der Waals surface area contributed by atoms with Crippen molar-refractivity contribution >= 4 is 34.0 Å². The predicted molar refractivity (Wildman–Crippen MR) is 110 cm³/mol. The minimum absolute atomic E-state index is 0.0288. The first kappa shape index (κ1) is 17.6. The lowest BCUT2D eigenvalue weighted by Gasteiger charge is -2.37. The van der Waals surface area contributed by atoms with Crippen LogP contribution in [0, 0.1) is 12.8 Å². The van der Waals surface area contributed by atoms with Crippen LogP contribution in [0.25, 0.3) is 10.9 Å². The molecule has 1 saturated heterocycles. The van der Waals surface area contributed by atoms with E-state index in [0.717, 1.165) is 68.0 Å². The van der Waals surface area contributed by atoms with Crippen LogP contribution < -0.4 is 4.90 Å². The van der Waals surface area contributed by atoms with Crippen molar-refractivity contribution < 1.29 is 4.79 Å². The Morgan fingerprint density at radius 2 is 2.18 bits per heavy atom. The maximum Gasteiger partial charge on any atom is 0.227 e. The Balaban J connectivity index is 1.38. The van der Waals surface area contributed by atoms with E-state index in [2.05, 4.69) is 31.2 Å². The van der Waals surface area contributed by atoms with Crippen molar-refractivity contribution in [2.24, 2.45) is 5.92 Å². The van der Waals surface area contributed by atoms with Crippen molar-refractivity contribution in [2.75, 3.05) is 24.5 Å². The Kier molecular flexibility index (Phi) is 4.47. The molecule has 3 aromatic rings. The molecule has 144 valence electrons. The van der Waals surface area contributed by atoms with E-state index in [1.165, 1.54) is 10.4 Å². The van der Waals surface area contributed by atoms with Crippen LogP contribution in [-0.2, 0) is 17.8 Å². The lowest BCUT2D eigenvalue weighted by atomic mass is 9.95. The largest absolute Gasteiger partial charge is 0.355 e. The van der Waals surface area contributed by atoms with Gasteiger partial charge in [-0.05, 0) is 49.3 Å². The van der Waals surface area contributed by atoms with Gasteiger partial charge in [0.15, 0.2) is 0 Å². The number of carbonyl (C=O) groups excluding carboxylic acids is 1. The summed E-state index contributed by atoms with van der Waals surface area (Å²) >= 11 is 1.81. The highest BCUT2D eigenvalue weighted by molar-refractivity contribution is 7.10. The third kappa shape index (κ3) is 3.13. The molecule has 0 spiro atoms. The zero-order chi connectivity index (χ0) is 19.1. The van der Waals surface area contributed by atoms with Gasteiger partial charge >= 0.3 is 0 Å². The molecule has 2 aliphatic heterocycles. The number of aryl methyl sites for hydroxylation is 1. The number of thiophene rings is 1. The van der Waals surface area contributed by atoms with Gasteiger partial charge in [-0.15, -0.1) is 11.3 Å². The van der Waals surface area contributed by atoms with E-state index in [9.17, 15) is 4.79 Å². The van der Waals surface area contributed by atoms with E-state index in [1.807, 2.05) is 24.3 Å². The zero-order valence-electron chi connectivity index (χ0n) is 16.0. The van der Waals surface area contributed by atoms with E-state index in [4.69, 9.17) is 4.98 Å². The average Bonchev–Trinajstić information content (AvgIpc) is 3.20. The number of rotatable bonds is 2. The molecule has 3 aromatic heterocycles. The Morgan fingerprint density at radius 1 is 1.25 bits per heavy atom. The highest BCUT2D eigenvalue weighted by atomic mass is 32.1. The molecule has 1 unspecified atom stereocenters. The van der Waals surface area contributed by atoms with Crippen molar-refractivity contribution in [1.29, 1.82) is 0 Å². The number of amides is 1.